The van der Waals surface area contributed by atoms with E-state index in [2.05, 4.69) is 23.7 Å². The van der Waals surface area contributed by atoms with Gasteiger partial charge in [-0.3, -0.25) is 9.20 Å². The second kappa shape index (κ2) is 4.96. The Morgan fingerprint density at radius 1 is 1.53 bits per heavy atom. The number of rotatable bonds is 3. The van der Waals surface area contributed by atoms with E-state index in [9.17, 15) is 4.79 Å². The van der Waals surface area contributed by atoms with Crippen LogP contribution in [0.3, 0.4) is 0 Å². The Labute approximate surface area is 117 Å². The van der Waals surface area contributed by atoms with Gasteiger partial charge >= 0.3 is 0 Å². The minimum Gasteiger partial charge on any atom is -0.352 e. The molecule has 0 amide bonds. The van der Waals surface area contributed by atoms with Crippen molar-refractivity contribution in [2.45, 2.75) is 39.2 Å². The van der Waals surface area contributed by atoms with Crippen molar-refractivity contribution in [2.24, 2.45) is 5.92 Å². The molecule has 2 aromatic heterocycles. The fourth-order valence-corrected chi connectivity index (χ4v) is 3.64. The van der Waals surface area contributed by atoms with Gasteiger partial charge in [0.25, 0.3) is 0 Å². The van der Waals surface area contributed by atoms with Crippen molar-refractivity contribution in [3.63, 3.8) is 0 Å². The summed E-state index contributed by atoms with van der Waals surface area (Å²) >= 11 is 1.58. The van der Waals surface area contributed by atoms with Crippen LogP contribution in [0.5, 0.6) is 0 Å². The summed E-state index contributed by atoms with van der Waals surface area (Å²) in [5.74, 6) is 1.59. The number of nitrogens with zero attached hydrogens (tertiary/aromatic N) is 3. The molecule has 0 spiro atoms. The Morgan fingerprint density at radius 3 is 3.11 bits per heavy atom. The fourth-order valence-electron chi connectivity index (χ4n) is 2.92. The maximum Gasteiger partial charge on any atom is 0.196 e. The number of thiazole rings is 1. The van der Waals surface area contributed by atoms with Crippen molar-refractivity contribution < 1.29 is 4.79 Å². The lowest BCUT2D eigenvalue weighted by Gasteiger charge is -2.38. The van der Waals surface area contributed by atoms with Crippen molar-refractivity contribution in [3.05, 3.63) is 17.3 Å². The molecule has 1 saturated heterocycles. The lowest BCUT2D eigenvalue weighted by Crippen LogP contribution is -2.42. The van der Waals surface area contributed by atoms with Gasteiger partial charge in [-0.05, 0) is 25.7 Å². The summed E-state index contributed by atoms with van der Waals surface area (Å²) in [4.78, 5) is 19.3. The Kier molecular flexibility index (Phi) is 3.31. The van der Waals surface area contributed by atoms with Crippen LogP contribution in [-0.2, 0) is 0 Å². The molecule has 0 bridgehead atoms. The van der Waals surface area contributed by atoms with Crippen molar-refractivity contribution >= 4 is 28.4 Å². The Bertz CT molecular complexity index is 589. The summed E-state index contributed by atoms with van der Waals surface area (Å²) in [6.45, 7) is 5.49. The predicted octanol–water partition coefficient (Wildman–Crippen LogP) is 3.22. The van der Waals surface area contributed by atoms with E-state index in [1.54, 1.807) is 11.3 Å². The zero-order valence-electron chi connectivity index (χ0n) is 11.4. The molecular formula is C14H19N3OS. The lowest BCUT2D eigenvalue weighted by molar-refractivity contribution is 0.111. The second-order valence-electron chi connectivity index (χ2n) is 5.35. The molecule has 0 radical (unpaired) electrons. The average Bonchev–Trinajstić information content (AvgIpc) is 2.99. The number of aromatic nitrogens is 2. The van der Waals surface area contributed by atoms with Crippen LogP contribution in [0.4, 0.5) is 5.82 Å². The van der Waals surface area contributed by atoms with E-state index in [0.29, 0.717) is 11.7 Å². The standard InChI is InChI=1S/C14H19N3OS/c1-3-11-5-4-10(2)17(8-11)13-12(9-18)16-6-7-19-14(16)15-13/h6-7,9-11H,3-5,8H2,1-2H3. The van der Waals surface area contributed by atoms with Crippen LogP contribution in [0.1, 0.15) is 43.6 Å². The van der Waals surface area contributed by atoms with Gasteiger partial charge in [0.15, 0.2) is 17.1 Å². The predicted molar refractivity (Wildman–Crippen MR) is 78.3 cm³/mol. The maximum absolute atomic E-state index is 11.4. The highest BCUT2D eigenvalue weighted by Gasteiger charge is 2.28. The number of piperidine rings is 1. The molecule has 0 aromatic carbocycles. The van der Waals surface area contributed by atoms with Gasteiger partial charge in [0.1, 0.15) is 5.69 Å². The van der Waals surface area contributed by atoms with Gasteiger partial charge in [-0.1, -0.05) is 13.3 Å². The first-order valence-electron chi connectivity index (χ1n) is 6.92. The third kappa shape index (κ3) is 2.06. The van der Waals surface area contributed by atoms with Gasteiger partial charge in [0, 0.05) is 24.2 Å². The summed E-state index contributed by atoms with van der Waals surface area (Å²) in [5.41, 5.74) is 0.694. The highest BCUT2D eigenvalue weighted by molar-refractivity contribution is 7.15. The first-order chi connectivity index (χ1) is 9.24. The van der Waals surface area contributed by atoms with Crippen molar-refractivity contribution in [3.8, 4) is 0 Å². The fraction of sp³-hybridized carbons (Fsp3) is 0.571. The molecule has 19 heavy (non-hydrogen) atoms. The monoisotopic (exact) mass is 277 g/mol. The molecule has 102 valence electrons. The van der Waals surface area contributed by atoms with E-state index < -0.39 is 0 Å². The minimum atomic E-state index is 0.464. The van der Waals surface area contributed by atoms with Crippen LogP contribution < -0.4 is 4.90 Å². The SMILES string of the molecule is CCC1CCC(C)N(c2nc3sccn3c2C=O)C1. The second-order valence-corrected chi connectivity index (χ2v) is 6.22. The van der Waals surface area contributed by atoms with Crippen LogP contribution in [-0.4, -0.2) is 28.3 Å². The molecule has 1 aliphatic heterocycles. The van der Waals surface area contributed by atoms with Gasteiger partial charge in [-0.25, -0.2) is 4.98 Å². The molecule has 2 atom stereocenters. The average molecular weight is 277 g/mol. The molecule has 0 N–H and O–H groups in total. The Morgan fingerprint density at radius 2 is 2.37 bits per heavy atom. The van der Waals surface area contributed by atoms with Gasteiger partial charge in [0.05, 0.1) is 0 Å². The van der Waals surface area contributed by atoms with E-state index in [-0.39, 0.29) is 0 Å². The van der Waals surface area contributed by atoms with E-state index in [0.717, 1.165) is 29.5 Å². The number of hydrogen-bond acceptors (Lipinski definition) is 4. The number of fused-ring (bicyclic) bond motifs is 1. The number of aldehydes is 1. The summed E-state index contributed by atoms with van der Waals surface area (Å²) in [7, 11) is 0. The highest BCUT2D eigenvalue weighted by Crippen LogP contribution is 2.31. The first kappa shape index (κ1) is 12.7. The van der Waals surface area contributed by atoms with Crippen molar-refractivity contribution in [1.82, 2.24) is 9.38 Å². The van der Waals surface area contributed by atoms with Crippen LogP contribution in [0, 0.1) is 5.92 Å². The lowest BCUT2D eigenvalue weighted by atomic mass is 9.91. The molecule has 5 heteroatoms. The quantitative estimate of drug-likeness (QED) is 0.808. The first-order valence-corrected chi connectivity index (χ1v) is 7.80. The zero-order chi connectivity index (χ0) is 13.4. The van der Waals surface area contributed by atoms with Crippen LogP contribution in [0.25, 0.3) is 4.96 Å². The summed E-state index contributed by atoms with van der Waals surface area (Å²) in [6, 6.07) is 0.464. The normalized spacial score (nSPS) is 24.0. The van der Waals surface area contributed by atoms with Crippen LogP contribution in [0.2, 0.25) is 0 Å². The van der Waals surface area contributed by atoms with E-state index >= 15 is 0 Å². The third-order valence-corrected chi connectivity index (χ3v) is 4.98. The summed E-state index contributed by atoms with van der Waals surface area (Å²) in [6.07, 6.45) is 6.52. The molecule has 4 nitrogen and oxygen atoms in total. The molecule has 3 heterocycles. The molecule has 2 unspecified atom stereocenters. The smallest absolute Gasteiger partial charge is 0.196 e. The zero-order valence-corrected chi connectivity index (χ0v) is 12.2. The number of carbonyl (C=O) groups excluding carboxylic acids is 1. The van der Waals surface area contributed by atoms with Gasteiger partial charge in [-0.2, -0.15) is 0 Å². The minimum absolute atomic E-state index is 0.464. The van der Waals surface area contributed by atoms with Crippen molar-refractivity contribution in [1.29, 1.82) is 0 Å². The van der Waals surface area contributed by atoms with E-state index in [1.807, 2.05) is 16.0 Å². The molecule has 0 saturated carbocycles. The number of hydrogen-bond donors (Lipinski definition) is 0. The third-order valence-electron chi connectivity index (χ3n) is 4.22. The van der Waals surface area contributed by atoms with Gasteiger partial charge < -0.3 is 4.90 Å². The number of anilines is 1. The summed E-state index contributed by atoms with van der Waals surface area (Å²) < 4.78 is 1.90. The molecule has 3 rings (SSSR count). The molecule has 0 aliphatic carbocycles. The number of carbonyl (C=O) groups is 1. The van der Waals surface area contributed by atoms with Crippen LogP contribution in [0.15, 0.2) is 11.6 Å². The maximum atomic E-state index is 11.4. The molecule has 2 aromatic rings. The van der Waals surface area contributed by atoms with E-state index in [1.165, 1.54) is 19.3 Å². The summed E-state index contributed by atoms with van der Waals surface area (Å²) in [5, 5.41) is 1.97. The van der Waals surface area contributed by atoms with Gasteiger partial charge in [0.2, 0.25) is 0 Å². The van der Waals surface area contributed by atoms with Crippen LogP contribution >= 0.6 is 11.3 Å². The Hall–Kier alpha value is -1.36. The highest BCUT2D eigenvalue weighted by atomic mass is 32.1. The Balaban J connectivity index is 2.01. The molecular weight excluding hydrogens is 258 g/mol. The van der Waals surface area contributed by atoms with Crippen molar-refractivity contribution in [2.75, 3.05) is 11.4 Å². The molecule has 1 fully saturated rings. The number of imidazole rings is 1. The largest absolute Gasteiger partial charge is 0.352 e. The van der Waals surface area contributed by atoms with E-state index in [4.69, 9.17) is 0 Å². The molecule has 1 aliphatic rings. The van der Waals surface area contributed by atoms with Gasteiger partial charge in [-0.15, -0.1) is 11.3 Å². The topological polar surface area (TPSA) is 37.6 Å².